The van der Waals surface area contributed by atoms with Gasteiger partial charge in [0.2, 0.25) is 0 Å². The minimum atomic E-state index is -0.756. The van der Waals surface area contributed by atoms with Gasteiger partial charge in [-0.15, -0.1) is 0 Å². The number of nitrogens with one attached hydrogen (secondary N) is 1. The number of ether oxygens (including phenoxy) is 3. The van der Waals surface area contributed by atoms with E-state index in [4.69, 9.17) is 14.2 Å². The van der Waals surface area contributed by atoms with E-state index in [0.29, 0.717) is 13.0 Å². The van der Waals surface area contributed by atoms with Gasteiger partial charge in [-0.1, -0.05) is 30.3 Å². The smallest absolute Gasteiger partial charge is 0.344 e. The number of hydrogen-bond donors (Lipinski definition) is 1. The van der Waals surface area contributed by atoms with Crippen molar-refractivity contribution in [3.63, 3.8) is 0 Å². The van der Waals surface area contributed by atoms with Crippen LogP contribution in [-0.4, -0.2) is 38.7 Å². The van der Waals surface area contributed by atoms with Crippen molar-refractivity contribution in [3.05, 3.63) is 59.9 Å². The van der Waals surface area contributed by atoms with Gasteiger partial charge in [0, 0.05) is 6.54 Å². The third-order valence-electron chi connectivity index (χ3n) is 3.46. The number of carbonyl (C=O) groups excluding carboxylic acids is 2. The van der Waals surface area contributed by atoms with Gasteiger partial charge in [-0.2, -0.15) is 0 Å². The van der Waals surface area contributed by atoms with E-state index in [1.807, 2.05) is 24.3 Å². The Hall–Kier alpha value is -3.09. The average Bonchev–Trinajstić information content (AvgIpc) is 2.66. The summed E-state index contributed by atoms with van der Waals surface area (Å²) in [6.07, 6.45) is 0.583. The Morgan fingerprint density at radius 3 is 2.42 bits per heavy atom. The van der Waals surface area contributed by atoms with Crippen LogP contribution in [0.3, 0.4) is 0 Å². The maximum Gasteiger partial charge on any atom is 0.344 e. The van der Waals surface area contributed by atoms with Gasteiger partial charge < -0.3 is 19.5 Å². The molecule has 7 heteroatoms. The highest BCUT2D eigenvalue weighted by Crippen LogP contribution is 2.17. The van der Waals surface area contributed by atoms with Gasteiger partial charge in [-0.3, -0.25) is 4.79 Å². The molecular weight excluding hydrogens is 341 g/mol. The molecule has 1 amide bonds. The van der Waals surface area contributed by atoms with Crippen LogP contribution in [0.15, 0.2) is 48.5 Å². The normalized spacial score (nSPS) is 10.1. The molecule has 0 aliphatic heterocycles. The van der Waals surface area contributed by atoms with Crippen LogP contribution in [0.25, 0.3) is 0 Å². The van der Waals surface area contributed by atoms with Crippen LogP contribution >= 0.6 is 0 Å². The Morgan fingerprint density at radius 1 is 1.00 bits per heavy atom. The molecular formula is C19H20FNO5. The first kappa shape index (κ1) is 19.2. The summed E-state index contributed by atoms with van der Waals surface area (Å²) < 4.78 is 28.4. The number of methoxy groups -OCH3 is 1. The fraction of sp³-hybridized carbons (Fsp3) is 0.263. The summed E-state index contributed by atoms with van der Waals surface area (Å²) in [5, 5.41) is 2.65. The van der Waals surface area contributed by atoms with Gasteiger partial charge in [-0.25, -0.2) is 9.18 Å². The third kappa shape index (κ3) is 6.08. The maximum absolute atomic E-state index is 13.3. The zero-order valence-corrected chi connectivity index (χ0v) is 14.4. The molecule has 0 saturated heterocycles. The Kier molecular flexibility index (Phi) is 7.42. The molecule has 0 aliphatic carbocycles. The Bertz CT molecular complexity index is 750. The third-order valence-corrected chi connectivity index (χ3v) is 3.46. The van der Waals surface area contributed by atoms with Crippen LogP contribution in [0.5, 0.6) is 11.5 Å². The van der Waals surface area contributed by atoms with Crippen molar-refractivity contribution in [2.45, 2.75) is 6.42 Å². The molecule has 0 fully saturated rings. The number of benzene rings is 2. The average molecular weight is 361 g/mol. The second-order valence-corrected chi connectivity index (χ2v) is 5.29. The molecule has 0 aliphatic rings. The molecule has 0 unspecified atom stereocenters. The molecule has 0 spiro atoms. The quantitative estimate of drug-likeness (QED) is 0.693. The van der Waals surface area contributed by atoms with Crippen molar-refractivity contribution in [1.29, 1.82) is 0 Å². The summed E-state index contributed by atoms with van der Waals surface area (Å²) in [4.78, 5) is 23.2. The van der Waals surface area contributed by atoms with Crippen molar-refractivity contribution in [2.24, 2.45) is 0 Å². The lowest BCUT2D eigenvalue weighted by Crippen LogP contribution is -2.31. The van der Waals surface area contributed by atoms with Crippen LogP contribution in [0.4, 0.5) is 4.39 Å². The molecule has 0 aromatic heterocycles. The lowest BCUT2D eigenvalue weighted by Gasteiger charge is -2.10. The zero-order chi connectivity index (χ0) is 18.8. The molecule has 2 aromatic carbocycles. The van der Waals surface area contributed by atoms with E-state index >= 15 is 0 Å². The van der Waals surface area contributed by atoms with Crippen LogP contribution in [0, 0.1) is 5.82 Å². The molecule has 0 heterocycles. The molecule has 6 nitrogen and oxygen atoms in total. The maximum atomic E-state index is 13.3. The van der Waals surface area contributed by atoms with Crippen LogP contribution in [0.1, 0.15) is 5.56 Å². The molecule has 138 valence electrons. The molecule has 2 rings (SSSR count). The van der Waals surface area contributed by atoms with Gasteiger partial charge in [0.1, 0.15) is 5.75 Å². The first-order chi connectivity index (χ1) is 12.6. The summed E-state index contributed by atoms with van der Waals surface area (Å²) in [5.74, 6) is -1.06. The van der Waals surface area contributed by atoms with Crippen molar-refractivity contribution < 1.29 is 28.2 Å². The van der Waals surface area contributed by atoms with Gasteiger partial charge in [0.05, 0.1) is 7.11 Å². The summed E-state index contributed by atoms with van der Waals surface area (Å²) in [6.45, 7) is -0.525. The number of halogens is 1. The van der Waals surface area contributed by atoms with Gasteiger partial charge in [0.25, 0.3) is 5.91 Å². The largest absolute Gasteiger partial charge is 0.496 e. The summed E-state index contributed by atoms with van der Waals surface area (Å²) in [7, 11) is 1.58. The Balaban J connectivity index is 1.65. The highest BCUT2D eigenvalue weighted by Gasteiger charge is 2.10. The summed E-state index contributed by atoms with van der Waals surface area (Å²) in [6, 6.07) is 13.2. The monoisotopic (exact) mass is 361 g/mol. The Morgan fingerprint density at radius 2 is 1.69 bits per heavy atom. The van der Waals surface area contributed by atoms with Gasteiger partial charge in [0.15, 0.2) is 24.8 Å². The molecule has 0 radical (unpaired) electrons. The number of hydrogen-bond acceptors (Lipinski definition) is 5. The van der Waals surface area contributed by atoms with Crippen molar-refractivity contribution in [1.82, 2.24) is 5.32 Å². The van der Waals surface area contributed by atoms with E-state index in [-0.39, 0.29) is 5.75 Å². The van der Waals surface area contributed by atoms with E-state index in [1.54, 1.807) is 13.2 Å². The van der Waals surface area contributed by atoms with Gasteiger partial charge in [-0.05, 0) is 30.2 Å². The summed E-state index contributed by atoms with van der Waals surface area (Å²) >= 11 is 0. The number of rotatable bonds is 9. The zero-order valence-electron chi connectivity index (χ0n) is 14.4. The number of para-hydroxylation sites is 2. The van der Waals surface area contributed by atoms with E-state index in [1.165, 1.54) is 18.2 Å². The lowest BCUT2D eigenvalue weighted by molar-refractivity contribution is -0.150. The molecule has 0 saturated carbocycles. The predicted octanol–water partition coefficient (Wildman–Crippen LogP) is 2.12. The second kappa shape index (κ2) is 10.0. The fourth-order valence-corrected chi connectivity index (χ4v) is 2.18. The highest BCUT2D eigenvalue weighted by atomic mass is 19.1. The van der Waals surface area contributed by atoms with E-state index in [2.05, 4.69) is 5.32 Å². The fourth-order valence-electron chi connectivity index (χ4n) is 2.18. The van der Waals surface area contributed by atoms with Crippen molar-refractivity contribution in [2.75, 3.05) is 26.9 Å². The van der Waals surface area contributed by atoms with Crippen molar-refractivity contribution in [3.8, 4) is 11.5 Å². The SMILES string of the molecule is COc1ccccc1CCNC(=O)COC(=O)COc1ccccc1F. The number of carbonyl (C=O) groups is 2. The topological polar surface area (TPSA) is 73.9 Å². The highest BCUT2D eigenvalue weighted by molar-refractivity contribution is 5.80. The molecule has 0 atom stereocenters. The van der Waals surface area contributed by atoms with E-state index in [9.17, 15) is 14.0 Å². The first-order valence-corrected chi connectivity index (χ1v) is 8.01. The molecule has 1 N–H and O–H groups in total. The van der Waals surface area contributed by atoms with Crippen LogP contribution in [0.2, 0.25) is 0 Å². The second-order valence-electron chi connectivity index (χ2n) is 5.29. The molecule has 26 heavy (non-hydrogen) atoms. The van der Waals surface area contributed by atoms with Crippen LogP contribution < -0.4 is 14.8 Å². The van der Waals surface area contributed by atoms with E-state index < -0.39 is 30.9 Å². The minimum absolute atomic E-state index is 0.0503. The summed E-state index contributed by atoms with van der Waals surface area (Å²) in [5.41, 5.74) is 0.964. The molecule has 0 bridgehead atoms. The number of esters is 1. The first-order valence-electron chi connectivity index (χ1n) is 8.01. The number of amides is 1. The van der Waals surface area contributed by atoms with Crippen molar-refractivity contribution >= 4 is 11.9 Å². The minimum Gasteiger partial charge on any atom is -0.496 e. The van der Waals surface area contributed by atoms with E-state index in [0.717, 1.165) is 11.3 Å². The standard InChI is InChI=1S/C19H20FNO5/c1-24-16-8-4-2-6-14(16)10-11-21-18(22)12-26-19(23)13-25-17-9-5-3-7-15(17)20/h2-9H,10-13H2,1H3,(H,21,22). The van der Waals surface area contributed by atoms with Gasteiger partial charge >= 0.3 is 5.97 Å². The molecule has 2 aromatic rings. The Labute approximate surface area is 150 Å². The lowest BCUT2D eigenvalue weighted by atomic mass is 10.1. The predicted molar refractivity (Wildman–Crippen MR) is 92.6 cm³/mol. The van der Waals surface area contributed by atoms with Crippen LogP contribution in [-0.2, 0) is 20.7 Å².